The number of hydrogen-bond acceptors (Lipinski definition) is 4. The molecule has 0 fully saturated rings. The molecule has 1 N–H and O–H groups in total. The van der Waals surface area contributed by atoms with E-state index in [1.165, 1.54) is 5.56 Å². The maximum Gasteiger partial charge on any atom is 0.244 e. The molecule has 0 saturated carbocycles. The zero-order chi connectivity index (χ0) is 19.8. The van der Waals surface area contributed by atoms with E-state index in [2.05, 4.69) is 10.5 Å². The van der Waals surface area contributed by atoms with Crippen LogP contribution < -0.4 is 14.9 Å². The van der Waals surface area contributed by atoms with Crippen LogP contribution in [0.3, 0.4) is 0 Å². The molecule has 0 aliphatic carbocycles. The first-order valence-electron chi connectivity index (χ1n) is 9.18. The lowest BCUT2D eigenvalue weighted by molar-refractivity contribution is -0.120. The highest BCUT2D eigenvalue weighted by molar-refractivity contribution is 5.86. The maximum atomic E-state index is 12.0. The Bertz CT molecular complexity index is 781. The number of amides is 1. The Balaban J connectivity index is 2.03. The van der Waals surface area contributed by atoms with Gasteiger partial charge in [-0.2, -0.15) is 5.10 Å². The van der Waals surface area contributed by atoms with Crippen LogP contribution in [0.25, 0.3) is 0 Å². The van der Waals surface area contributed by atoms with Crippen LogP contribution in [0.5, 0.6) is 11.5 Å². The summed E-state index contributed by atoms with van der Waals surface area (Å²) in [5.41, 5.74) is 5.46. The van der Waals surface area contributed by atoms with Gasteiger partial charge in [0, 0.05) is 11.6 Å². The third-order valence-electron chi connectivity index (χ3n) is 3.60. The molecule has 0 heterocycles. The Morgan fingerprint density at radius 2 is 1.70 bits per heavy atom. The highest BCUT2D eigenvalue weighted by atomic mass is 16.5. The van der Waals surface area contributed by atoms with Crippen molar-refractivity contribution >= 4 is 12.1 Å². The number of nitrogens with one attached hydrogen (secondary N) is 1. The highest BCUT2D eigenvalue weighted by Crippen LogP contribution is 2.25. The lowest BCUT2D eigenvalue weighted by atomic mass is 10.1. The van der Waals surface area contributed by atoms with E-state index in [0.29, 0.717) is 5.75 Å². The van der Waals surface area contributed by atoms with E-state index >= 15 is 0 Å². The summed E-state index contributed by atoms with van der Waals surface area (Å²) in [6, 6.07) is 13.4. The minimum Gasteiger partial charge on any atom is -0.491 e. The molecule has 27 heavy (non-hydrogen) atoms. The Morgan fingerprint density at radius 1 is 1.04 bits per heavy atom. The van der Waals surface area contributed by atoms with Crippen molar-refractivity contribution in [3.8, 4) is 11.5 Å². The van der Waals surface area contributed by atoms with Gasteiger partial charge in [-0.05, 0) is 52.3 Å². The molecular weight excluding hydrogens is 340 g/mol. The van der Waals surface area contributed by atoms with Gasteiger partial charge in [0.2, 0.25) is 5.91 Å². The van der Waals surface area contributed by atoms with Crippen molar-refractivity contribution in [3.63, 3.8) is 0 Å². The van der Waals surface area contributed by atoms with Crippen molar-refractivity contribution in [2.75, 3.05) is 0 Å². The minimum absolute atomic E-state index is 0.0163. The van der Waals surface area contributed by atoms with Crippen molar-refractivity contribution in [3.05, 3.63) is 59.2 Å². The number of hydrogen-bond donors (Lipinski definition) is 1. The number of aryl methyl sites for hydroxylation is 1. The monoisotopic (exact) mass is 368 g/mol. The number of benzene rings is 2. The molecule has 2 aromatic rings. The molecule has 5 nitrogen and oxygen atoms in total. The van der Waals surface area contributed by atoms with E-state index in [0.717, 1.165) is 16.9 Å². The van der Waals surface area contributed by atoms with Gasteiger partial charge in [-0.25, -0.2) is 5.43 Å². The first kappa shape index (κ1) is 20.5. The fourth-order valence-electron chi connectivity index (χ4n) is 2.43. The average molecular weight is 368 g/mol. The summed E-state index contributed by atoms with van der Waals surface area (Å²) in [4.78, 5) is 12.0. The standard InChI is InChI=1S/C22H28N2O3/c1-15(2)26-20-11-10-19(21(13-20)27-16(3)4)14-23-24-22(25)12-18-8-6-17(5)7-9-18/h6-11,13-16H,12H2,1-5H3,(H,24,25)/b23-14+. The number of carbonyl (C=O) groups is 1. The van der Waals surface area contributed by atoms with E-state index in [9.17, 15) is 4.79 Å². The first-order chi connectivity index (χ1) is 12.8. The van der Waals surface area contributed by atoms with Crippen molar-refractivity contribution < 1.29 is 14.3 Å². The Morgan fingerprint density at radius 3 is 2.33 bits per heavy atom. The molecule has 0 unspecified atom stereocenters. The Kier molecular flexibility index (Phi) is 7.41. The summed E-state index contributed by atoms with van der Waals surface area (Å²) in [5.74, 6) is 1.24. The summed E-state index contributed by atoms with van der Waals surface area (Å²) < 4.78 is 11.6. The Labute approximate surface area is 161 Å². The largest absolute Gasteiger partial charge is 0.491 e. The molecule has 1 amide bonds. The molecule has 5 heteroatoms. The van der Waals surface area contributed by atoms with Gasteiger partial charge in [0.05, 0.1) is 24.8 Å². The van der Waals surface area contributed by atoms with Gasteiger partial charge in [0.1, 0.15) is 11.5 Å². The third-order valence-corrected chi connectivity index (χ3v) is 3.60. The molecule has 0 radical (unpaired) electrons. The predicted octanol–water partition coefficient (Wildman–Crippen LogP) is 4.26. The molecule has 0 aliphatic heterocycles. The summed E-state index contributed by atoms with van der Waals surface area (Å²) in [6.07, 6.45) is 1.97. The summed E-state index contributed by atoms with van der Waals surface area (Å²) in [5, 5.41) is 4.07. The van der Waals surface area contributed by atoms with Gasteiger partial charge in [-0.15, -0.1) is 0 Å². The number of nitrogens with zero attached hydrogens (tertiary/aromatic N) is 1. The number of ether oxygens (including phenoxy) is 2. The predicted molar refractivity (Wildman–Crippen MR) is 109 cm³/mol. The van der Waals surface area contributed by atoms with E-state index in [-0.39, 0.29) is 24.5 Å². The smallest absolute Gasteiger partial charge is 0.244 e. The fraction of sp³-hybridized carbons (Fsp3) is 0.364. The third kappa shape index (κ3) is 7.13. The fourth-order valence-corrected chi connectivity index (χ4v) is 2.43. The van der Waals surface area contributed by atoms with Crippen LogP contribution >= 0.6 is 0 Å². The van der Waals surface area contributed by atoms with Gasteiger partial charge >= 0.3 is 0 Å². The second kappa shape index (κ2) is 9.76. The zero-order valence-electron chi connectivity index (χ0n) is 16.7. The van der Waals surface area contributed by atoms with Crippen LogP contribution in [0.4, 0.5) is 0 Å². The molecule has 2 rings (SSSR count). The molecule has 0 aliphatic rings. The topological polar surface area (TPSA) is 59.9 Å². The van der Waals surface area contributed by atoms with Crippen molar-refractivity contribution in [2.24, 2.45) is 5.10 Å². The summed E-state index contributed by atoms with van der Waals surface area (Å²) >= 11 is 0. The first-order valence-corrected chi connectivity index (χ1v) is 9.18. The minimum atomic E-state index is -0.166. The van der Waals surface area contributed by atoms with Gasteiger partial charge in [0.25, 0.3) is 0 Å². The van der Waals surface area contributed by atoms with Gasteiger partial charge < -0.3 is 9.47 Å². The highest BCUT2D eigenvalue weighted by Gasteiger charge is 2.08. The second-order valence-electron chi connectivity index (χ2n) is 6.99. The van der Waals surface area contributed by atoms with E-state index < -0.39 is 0 Å². The average Bonchev–Trinajstić information content (AvgIpc) is 2.58. The molecule has 0 atom stereocenters. The quantitative estimate of drug-likeness (QED) is 0.559. The van der Waals surface area contributed by atoms with Crippen LogP contribution in [0, 0.1) is 6.92 Å². The molecule has 0 spiro atoms. The van der Waals surface area contributed by atoms with Crippen LogP contribution in [-0.2, 0) is 11.2 Å². The van der Waals surface area contributed by atoms with E-state index in [4.69, 9.17) is 9.47 Å². The van der Waals surface area contributed by atoms with Gasteiger partial charge in [-0.3, -0.25) is 4.79 Å². The SMILES string of the molecule is Cc1ccc(CC(=O)N/N=C/c2ccc(OC(C)C)cc2OC(C)C)cc1. The van der Waals surface area contributed by atoms with Crippen LogP contribution in [0.2, 0.25) is 0 Å². The number of carbonyl (C=O) groups excluding carboxylic acids is 1. The normalized spacial score (nSPS) is 11.2. The maximum absolute atomic E-state index is 12.0. The Hall–Kier alpha value is -2.82. The van der Waals surface area contributed by atoms with Crippen molar-refractivity contribution in [1.29, 1.82) is 0 Å². The van der Waals surface area contributed by atoms with E-state index in [1.807, 2.05) is 77.1 Å². The molecule has 0 saturated heterocycles. The zero-order valence-corrected chi connectivity index (χ0v) is 16.7. The van der Waals surface area contributed by atoms with Crippen molar-refractivity contribution in [1.82, 2.24) is 5.43 Å². The second-order valence-corrected chi connectivity index (χ2v) is 6.99. The molecular formula is C22H28N2O3. The van der Waals surface area contributed by atoms with Crippen LogP contribution in [0.15, 0.2) is 47.6 Å². The van der Waals surface area contributed by atoms with Crippen molar-refractivity contribution in [2.45, 2.75) is 53.2 Å². The number of hydrazone groups is 1. The molecule has 0 aromatic heterocycles. The summed E-state index contributed by atoms with van der Waals surface area (Å²) in [7, 11) is 0. The molecule has 0 bridgehead atoms. The lowest BCUT2D eigenvalue weighted by Gasteiger charge is -2.15. The molecule has 144 valence electrons. The molecule has 2 aromatic carbocycles. The van der Waals surface area contributed by atoms with Gasteiger partial charge in [0.15, 0.2) is 0 Å². The van der Waals surface area contributed by atoms with Gasteiger partial charge in [-0.1, -0.05) is 29.8 Å². The lowest BCUT2D eigenvalue weighted by Crippen LogP contribution is -2.19. The van der Waals surface area contributed by atoms with Crippen LogP contribution in [-0.4, -0.2) is 24.3 Å². The van der Waals surface area contributed by atoms with Crippen LogP contribution in [0.1, 0.15) is 44.4 Å². The van der Waals surface area contributed by atoms with E-state index in [1.54, 1.807) is 6.21 Å². The number of rotatable bonds is 8. The summed E-state index contributed by atoms with van der Waals surface area (Å²) in [6.45, 7) is 9.88.